The van der Waals surface area contributed by atoms with E-state index in [0.717, 1.165) is 17.4 Å². The second-order valence-corrected chi connectivity index (χ2v) is 10.1. The maximum absolute atomic E-state index is 14.0. The molecular formula is C30H25N3O8S. The third-order valence-corrected chi connectivity index (χ3v) is 7.56. The van der Waals surface area contributed by atoms with Crippen LogP contribution in [0.2, 0.25) is 0 Å². The molecule has 1 aliphatic rings. The van der Waals surface area contributed by atoms with Gasteiger partial charge in [0, 0.05) is 11.6 Å². The molecular weight excluding hydrogens is 562 g/mol. The van der Waals surface area contributed by atoms with Crippen LogP contribution >= 0.6 is 11.3 Å². The molecule has 0 unspecified atom stereocenters. The number of carbonyl (C=O) groups is 1. The predicted molar refractivity (Wildman–Crippen MR) is 155 cm³/mol. The summed E-state index contributed by atoms with van der Waals surface area (Å²) >= 11 is 1.06. The average Bonchev–Trinajstić information content (AvgIpc) is 3.31. The van der Waals surface area contributed by atoms with Gasteiger partial charge in [-0.3, -0.25) is 19.5 Å². The van der Waals surface area contributed by atoms with E-state index in [1.54, 1.807) is 31.2 Å². The summed E-state index contributed by atoms with van der Waals surface area (Å²) in [6.07, 6.45) is 1.46. The third kappa shape index (κ3) is 5.15. The molecule has 1 atom stereocenters. The quantitative estimate of drug-likeness (QED) is 0.187. The largest absolute Gasteiger partial charge is 0.500 e. The van der Waals surface area contributed by atoms with Gasteiger partial charge in [0.2, 0.25) is 5.75 Å². The topological polar surface area (TPSA) is 142 Å². The van der Waals surface area contributed by atoms with Crippen molar-refractivity contribution in [2.75, 3.05) is 20.8 Å². The predicted octanol–water partition coefficient (Wildman–Crippen LogP) is 3.57. The first-order valence-electron chi connectivity index (χ1n) is 12.7. The molecule has 5 rings (SSSR count). The van der Waals surface area contributed by atoms with E-state index in [1.807, 2.05) is 30.3 Å². The van der Waals surface area contributed by atoms with Gasteiger partial charge in [-0.2, -0.15) is 0 Å². The Bertz CT molecular complexity index is 1910. The lowest BCUT2D eigenvalue weighted by molar-refractivity contribution is -0.386. The molecule has 214 valence electrons. The van der Waals surface area contributed by atoms with Crippen molar-refractivity contribution >= 4 is 34.8 Å². The number of ether oxygens (including phenoxy) is 3. The third-order valence-electron chi connectivity index (χ3n) is 6.57. The SMILES string of the molecule is CCOC(=O)C1=C(c2ccccc2)N=c2s/c(=C\c3cc(OC)c(O)c([N+](=O)[O-])c3)c(=O)n2[C@@H]1c1cccc(OC)c1. The zero-order valence-electron chi connectivity index (χ0n) is 22.8. The zero-order valence-corrected chi connectivity index (χ0v) is 23.6. The maximum atomic E-state index is 14.0. The highest BCUT2D eigenvalue weighted by Crippen LogP contribution is 2.38. The first-order chi connectivity index (χ1) is 20.3. The fourth-order valence-corrected chi connectivity index (χ4v) is 5.71. The first kappa shape index (κ1) is 28.3. The summed E-state index contributed by atoms with van der Waals surface area (Å²) in [5.41, 5.74) is 0.996. The molecule has 2 heterocycles. The molecule has 3 aromatic carbocycles. The average molecular weight is 588 g/mol. The van der Waals surface area contributed by atoms with Crippen LogP contribution in [0.1, 0.15) is 29.7 Å². The van der Waals surface area contributed by atoms with Gasteiger partial charge in [0.25, 0.3) is 5.56 Å². The number of nitro benzene ring substituents is 1. The molecule has 0 spiro atoms. The van der Waals surface area contributed by atoms with Gasteiger partial charge in [0.05, 0.1) is 47.6 Å². The number of esters is 1. The molecule has 12 heteroatoms. The van der Waals surface area contributed by atoms with Crippen molar-refractivity contribution in [1.82, 2.24) is 4.57 Å². The second-order valence-electron chi connectivity index (χ2n) is 9.06. The van der Waals surface area contributed by atoms with Gasteiger partial charge in [0.1, 0.15) is 5.75 Å². The van der Waals surface area contributed by atoms with Crippen molar-refractivity contribution in [3.05, 3.63) is 119 Å². The monoisotopic (exact) mass is 587 g/mol. The minimum Gasteiger partial charge on any atom is -0.500 e. The summed E-state index contributed by atoms with van der Waals surface area (Å²) in [6, 6.07) is 17.8. The van der Waals surface area contributed by atoms with E-state index in [-0.39, 0.29) is 28.0 Å². The highest BCUT2D eigenvalue weighted by atomic mass is 32.1. The number of carbonyl (C=O) groups excluding carboxylic acids is 1. The molecule has 0 amide bonds. The zero-order chi connectivity index (χ0) is 30.0. The summed E-state index contributed by atoms with van der Waals surface area (Å²) in [4.78, 5) is 43.5. The highest BCUT2D eigenvalue weighted by Gasteiger charge is 2.35. The molecule has 0 radical (unpaired) electrons. The van der Waals surface area contributed by atoms with Gasteiger partial charge < -0.3 is 19.3 Å². The van der Waals surface area contributed by atoms with Gasteiger partial charge in [0.15, 0.2) is 10.6 Å². The molecule has 11 nitrogen and oxygen atoms in total. The maximum Gasteiger partial charge on any atom is 0.338 e. The minimum absolute atomic E-state index is 0.112. The van der Waals surface area contributed by atoms with E-state index >= 15 is 0 Å². The van der Waals surface area contributed by atoms with Crippen LogP contribution in [-0.2, 0) is 9.53 Å². The number of nitrogens with zero attached hydrogens (tertiary/aromatic N) is 3. The van der Waals surface area contributed by atoms with Crippen molar-refractivity contribution < 1.29 is 29.0 Å². The minimum atomic E-state index is -0.920. The van der Waals surface area contributed by atoms with E-state index in [1.165, 1.54) is 30.9 Å². The van der Waals surface area contributed by atoms with Crippen molar-refractivity contribution in [3.8, 4) is 17.2 Å². The Kier molecular flexibility index (Phi) is 7.89. The Labute approximate surface area is 243 Å². The summed E-state index contributed by atoms with van der Waals surface area (Å²) in [5, 5.41) is 21.7. The fourth-order valence-electron chi connectivity index (χ4n) is 4.71. The van der Waals surface area contributed by atoms with Crippen LogP contribution in [-0.4, -0.2) is 41.4 Å². The smallest absolute Gasteiger partial charge is 0.338 e. The van der Waals surface area contributed by atoms with Gasteiger partial charge in [-0.15, -0.1) is 0 Å². The number of phenols is 1. The molecule has 42 heavy (non-hydrogen) atoms. The van der Waals surface area contributed by atoms with Crippen molar-refractivity contribution in [3.63, 3.8) is 0 Å². The van der Waals surface area contributed by atoms with Crippen molar-refractivity contribution in [1.29, 1.82) is 0 Å². The van der Waals surface area contributed by atoms with Crippen LogP contribution in [0.15, 0.2) is 82.1 Å². The van der Waals surface area contributed by atoms with E-state index in [0.29, 0.717) is 27.4 Å². The molecule has 1 aromatic heterocycles. The number of benzene rings is 3. The number of hydrogen-bond donors (Lipinski definition) is 1. The summed E-state index contributed by atoms with van der Waals surface area (Å²) < 4.78 is 17.6. The van der Waals surface area contributed by atoms with E-state index in [4.69, 9.17) is 19.2 Å². The lowest BCUT2D eigenvalue weighted by Gasteiger charge is -2.26. The molecule has 0 saturated heterocycles. The fraction of sp³-hybridized carbons (Fsp3) is 0.167. The van der Waals surface area contributed by atoms with Crippen LogP contribution in [0.25, 0.3) is 11.8 Å². The number of fused-ring (bicyclic) bond motifs is 1. The van der Waals surface area contributed by atoms with Gasteiger partial charge in [-0.05, 0) is 42.3 Å². The lowest BCUT2D eigenvalue weighted by Crippen LogP contribution is -2.40. The number of nitro groups is 1. The summed E-state index contributed by atoms with van der Waals surface area (Å²) in [7, 11) is 2.79. The van der Waals surface area contributed by atoms with Gasteiger partial charge >= 0.3 is 11.7 Å². The Hall–Kier alpha value is -5.23. The molecule has 1 N–H and O–H groups in total. The molecule has 0 saturated carbocycles. The number of aromatic nitrogens is 1. The number of thiazole rings is 1. The summed E-state index contributed by atoms with van der Waals surface area (Å²) in [5.74, 6) is -0.833. The Morgan fingerprint density at radius 2 is 1.88 bits per heavy atom. The van der Waals surface area contributed by atoms with E-state index in [9.17, 15) is 24.8 Å². The van der Waals surface area contributed by atoms with Crippen LogP contribution in [0.3, 0.4) is 0 Å². The number of phenolic OH excluding ortho intramolecular Hbond substituents is 1. The lowest BCUT2D eigenvalue weighted by atomic mass is 9.93. The van der Waals surface area contributed by atoms with Crippen LogP contribution in [0, 0.1) is 10.1 Å². The van der Waals surface area contributed by atoms with Gasteiger partial charge in [-0.25, -0.2) is 9.79 Å². The molecule has 0 bridgehead atoms. The number of aromatic hydroxyl groups is 1. The summed E-state index contributed by atoms with van der Waals surface area (Å²) in [6.45, 7) is 1.81. The van der Waals surface area contributed by atoms with Crippen LogP contribution in [0.5, 0.6) is 17.2 Å². The standard InChI is InChI=1S/C30H25N3O8S/c1-4-41-29(36)24-25(18-9-6-5-7-10-18)31-30-32(26(24)19-11-8-12-20(16-19)39-2)28(35)23(42-30)15-17-13-21(33(37)38)27(34)22(14-17)40-3/h5-16,26,34H,4H2,1-3H3/b23-15-/t26-/m1/s1. The highest BCUT2D eigenvalue weighted by molar-refractivity contribution is 7.07. The normalized spacial score (nSPS) is 14.6. The van der Waals surface area contributed by atoms with Crippen molar-refractivity contribution in [2.24, 2.45) is 4.99 Å². The number of methoxy groups -OCH3 is 2. The van der Waals surface area contributed by atoms with Crippen LogP contribution in [0.4, 0.5) is 5.69 Å². The van der Waals surface area contributed by atoms with Crippen LogP contribution < -0.4 is 24.4 Å². The Morgan fingerprint density at radius 3 is 2.55 bits per heavy atom. The van der Waals surface area contributed by atoms with E-state index < -0.39 is 33.9 Å². The Balaban J connectivity index is 1.83. The second kappa shape index (κ2) is 11.7. The molecule has 0 fully saturated rings. The molecule has 0 aliphatic carbocycles. The number of hydrogen-bond acceptors (Lipinski definition) is 10. The first-order valence-corrected chi connectivity index (χ1v) is 13.6. The number of rotatable bonds is 8. The van der Waals surface area contributed by atoms with Crippen molar-refractivity contribution in [2.45, 2.75) is 13.0 Å². The molecule has 4 aromatic rings. The van der Waals surface area contributed by atoms with E-state index in [2.05, 4.69) is 0 Å². The Morgan fingerprint density at radius 1 is 1.12 bits per heavy atom. The van der Waals surface area contributed by atoms with Gasteiger partial charge in [-0.1, -0.05) is 53.8 Å². The molecule has 1 aliphatic heterocycles.